The van der Waals surface area contributed by atoms with Crippen LogP contribution in [0.4, 0.5) is 0 Å². The predicted octanol–water partition coefficient (Wildman–Crippen LogP) is 2.09. The largest absolute Gasteiger partial charge is 0.375 e. The molecule has 0 aromatic carbocycles. The van der Waals surface area contributed by atoms with Crippen molar-refractivity contribution < 1.29 is 4.74 Å². The predicted molar refractivity (Wildman–Crippen MR) is 73.9 cm³/mol. The minimum absolute atomic E-state index is 0.157. The van der Waals surface area contributed by atoms with Crippen LogP contribution in [0.25, 0.3) is 0 Å². The van der Waals surface area contributed by atoms with E-state index in [0.717, 1.165) is 25.9 Å². The molecule has 2 aliphatic rings. The van der Waals surface area contributed by atoms with Crippen LogP contribution >= 0.6 is 11.8 Å². The summed E-state index contributed by atoms with van der Waals surface area (Å²) in [4.78, 5) is 0. The van der Waals surface area contributed by atoms with Crippen LogP contribution in [0, 0.1) is 5.92 Å². The SMILES string of the molecule is C=CCC(NN)C1CCOC2(CCSCC2)C1. The van der Waals surface area contributed by atoms with E-state index >= 15 is 0 Å². The molecule has 98 valence electrons. The van der Waals surface area contributed by atoms with Crippen LogP contribution in [-0.2, 0) is 4.74 Å². The first-order chi connectivity index (χ1) is 8.29. The van der Waals surface area contributed by atoms with E-state index in [1.54, 1.807) is 0 Å². The lowest BCUT2D eigenvalue weighted by atomic mass is 9.78. The van der Waals surface area contributed by atoms with Crippen molar-refractivity contribution in [1.82, 2.24) is 5.43 Å². The highest BCUT2D eigenvalue weighted by molar-refractivity contribution is 7.99. The minimum Gasteiger partial charge on any atom is -0.375 e. The third kappa shape index (κ3) is 3.25. The molecule has 0 amide bonds. The number of hydrogen-bond donors (Lipinski definition) is 2. The van der Waals surface area contributed by atoms with Gasteiger partial charge in [0.05, 0.1) is 5.60 Å². The van der Waals surface area contributed by atoms with Crippen LogP contribution in [0.5, 0.6) is 0 Å². The average molecular weight is 256 g/mol. The fraction of sp³-hybridized carbons (Fsp3) is 0.846. The maximum Gasteiger partial charge on any atom is 0.0701 e. The van der Waals surface area contributed by atoms with Crippen LogP contribution in [0.2, 0.25) is 0 Å². The zero-order valence-corrected chi connectivity index (χ0v) is 11.3. The minimum atomic E-state index is 0.157. The molecule has 3 nitrogen and oxygen atoms in total. The van der Waals surface area contributed by atoms with Gasteiger partial charge in [-0.2, -0.15) is 11.8 Å². The molecule has 2 fully saturated rings. The van der Waals surface area contributed by atoms with Crippen molar-refractivity contribution in [3.63, 3.8) is 0 Å². The lowest BCUT2D eigenvalue weighted by Gasteiger charge is -2.45. The van der Waals surface area contributed by atoms with Crippen molar-refractivity contribution in [2.75, 3.05) is 18.1 Å². The van der Waals surface area contributed by atoms with Crippen LogP contribution in [0.15, 0.2) is 12.7 Å². The van der Waals surface area contributed by atoms with Gasteiger partial charge < -0.3 is 4.74 Å². The summed E-state index contributed by atoms with van der Waals surface area (Å²) in [6.45, 7) is 4.71. The number of hydrogen-bond acceptors (Lipinski definition) is 4. The third-order valence-electron chi connectivity index (χ3n) is 4.14. The summed E-state index contributed by atoms with van der Waals surface area (Å²) in [6, 6.07) is 0.364. The maximum atomic E-state index is 6.10. The Kier molecular flexibility index (Phi) is 4.91. The van der Waals surface area contributed by atoms with Crippen molar-refractivity contribution in [3.8, 4) is 0 Å². The number of nitrogens with two attached hydrogens (primary N) is 1. The number of thioether (sulfide) groups is 1. The van der Waals surface area contributed by atoms with Gasteiger partial charge in [-0.3, -0.25) is 11.3 Å². The molecule has 0 aromatic rings. The van der Waals surface area contributed by atoms with Gasteiger partial charge >= 0.3 is 0 Å². The van der Waals surface area contributed by atoms with Crippen molar-refractivity contribution in [1.29, 1.82) is 0 Å². The van der Waals surface area contributed by atoms with Gasteiger partial charge in [0, 0.05) is 12.6 Å². The molecule has 0 saturated carbocycles. The van der Waals surface area contributed by atoms with Crippen molar-refractivity contribution in [2.45, 2.75) is 43.7 Å². The van der Waals surface area contributed by atoms with E-state index in [2.05, 4.69) is 23.8 Å². The summed E-state index contributed by atoms with van der Waals surface area (Å²) in [5.41, 5.74) is 3.12. The zero-order chi connectivity index (χ0) is 12.1. The van der Waals surface area contributed by atoms with E-state index < -0.39 is 0 Å². The lowest BCUT2D eigenvalue weighted by molar-refractivity contribution is -0.107. The molecule has 3 N–H and O–H groups in total. The number of hydrazine groups is 1. The van der Waals surface area contributed by atoms with E-state index in [1.165, 1.54) is 24.3 Å². The smallest absolute Gasteiger partial charge is 0.0701 e. The van der Waals surface area contributed by atoms with Gasteiger partial charge in [-0.1, -0.05) is 6.08 Å². The number of nitrogens with one attached hydrogen (secondary N) is 1. The van der Waals surface area contributed by atoms with Crippen molar-refractivity contribution in [2.24, 2.45) is 11.8 Å². The summed E-state index contributed by atoms with van der Waals surface area (Å²) < 4.78 is 6.10. The Hall–Kier alpha value is -0.0300. The molecular weight excluding hydrogens is 232 g/mol. The zero-order valence-electron chi connectivity index (χ0n) is 10.5. The van der Waals surface area contributed by atoms with Gasteiger partial charge in [-0.05, 0) is 49.5 Å². The number of ether oxygens (including phenoxy) is 1. The van der Waals surface area contributed by atoms with Crippen molar-refractivity contribution in [3.05, 3.63) is 12.7 Å². The molecule has 1 spiro atoms. The highest BCUT2D eigenvalue weighted by atomic mass is 32.2. The molecule has 0 aromatic heterocycles. The Morgan fingerprint density at radius 2 is 2.29 bits per heavy atom. The van der Waals surface area contributed by atoms with E-state index in [-0.39, 0.29) is 5.60 Å². The second kappa shape index (κ2) is 6.23. The fourth-order valence-electron chi connectivity index (χ4n) is 3.08. The molecule has 2 aliphatic heterocycles. The second-order valence-corrected chi connectivity index (χ2v) is 6.42. The van der Waals surface area contributed by atoms with Crippen molar-refractivity contribution >= 4 is 11.8 Å². The average Bonchev–Trinajstić information content (AvgIpc) is 2.37. The second-order valence-electron chi connectivity index (χ2n) is 5.19. The third-order valence-corrected chi connectivity index (χ3v) is 5.12. The van der Waals surface area contributed by atoms with Crippen LogP contribution < -0.4 is 11.3 Å². The standard InChI is InChI=1S/C13H24N2OS/c1-2-3-12(15-14)11-4-7-16-13(10-11)5-8-17-9-6-13/h2,11-12,15H,1,3-10,14H2. The van der Waals surface area contributed by atoms with Crippen LogP contribution in [0.3, 0.4) is 0 Å². The summed E-state index contributed by atoms with van der Waals surface area (Å²) in [5, 5.41) is 0. The molecule has 2 heterocycles. The first-order valence-corrected chi connectivity index (χ1v) is 7.74. The molecule has 2 unspecified atom stereocenters. The van der Waals surface area contributed by atoms with Gasteiger partial charge in [0.2, 0.25) is 0 Å². The van der Waals surface area contributed by atoms with E-state index in [4.69, 9.17) is 10.6 Å². The first kappa shape index (κ1) is 13.4. The molecule has 0 radical (unpaired) electrons. The molecule has 2 rings (SSSR count). The quantitative estimate of drug-likeness (QED) is 0.459. The van der Waals surface area contributed by atoms with E-state index in [1.807, 2.05) is 6.08 Å². The monoisotopic (exact) mass is 256 g/mol. The summed E-state index contributed by atoms with van der Waals surface area (Å²) in [7, 11) is 0. The Bertz CT molecular complexity index is 248. The van der Waals surface area contributed by atoms with Crippen LogP contribution in [0.1, 0.15) is 32.1 Å². The molecular formula is C13H24N2OS. The van der Waals surface area contributed by atoms with Crippen LogP contribution in [-0.4, -0.2) is 29.8 Å². The normalized spacial score (nSPS) is 30.1. The number of rotatable bonds is 4. The molecule has 4 heteroatoms. The van der Waals surface area contributed by atoms with Gasteiger partial charge in [0.25, 0.3) is 0 Å². The maximum absolute atomic E-state index is 6.10. The summed E-state index contributed by atoms with van der Waals surface area (Å²) >= 11 is 2.05. The van der Waals surface area contributed by atoms with Gasteiger partial charge in [0.1, 0.15) is 0 Å². The van der Waals surface area contributed by atoms with E-state index in [9.17, 15) is 0 Å². The summed E-state index contributed by atoms with van der Waals surface area (Å²) in [6.07, 6.45) is 7.61. The van der Waals surface area contributed by atoms with Gasteiger partial charge in [0.15, 0.2) is 0 Å². The molecule has 2 saturated heterocycles. The Labute approximate surface area is 109 Å². The lowest BCUT2D eigenvalue weighted by Crippen LogP contribution is -2.49. The Balaban J connectivity index is 1.97. The molecule has 0 bridgehead atoms. The van der Waals surface area contributed by atoms with E-state index in [0.29, 0.717) is 12.0 Å². The molecule has 17 heavy (non-hydrogen) atoms. The Morgan fingerprint density at radius 1 is 1.53 bits per heavy atom. The molecule has 2 atom stereocenters. The summed E-state index contributed by atoms with van der Waals surface area (Å²) in [5.74, 6) is 8.79. The highest BCUT2D eigenvalue weighted by Gasteiger charge is 2.40. The highest BCUT2D eigenvalue weighted by Crippen LogP contribution is 2.40. The first-order valence-electron chi connectivity index (χ1n) is 6.58. The van der Waals surface area contributed by atoms with Gasteiger partial charge in [-0.15, -0.1) is 6.58 Å². The topological polar surface area (TPSA) is 47.3 Å². The fourth-order valence-corrected chi connectivity index (χ4v) is 4.31. The Morgan fingerprint density at radius 3 is 2.94 bits per heavy atom. The van der Waals surface area contributed by atoms with Gasteiger partial charge in [-0.25, -0.2) is 0 Å². The molecule has 0 aliphatic carbocycles.